The lowest BCUT2D eigenvalue weighted by Gasteiger charge is -2.36. The van der Waals surface area contributed by atoms with Gasteiger partial charge in [-0.05, 0) is 36.4 Å². The molecule has 1 N–H and O–H groups in total. The zero-order chi connectivity index (χ0) is 19.4. The number of rotatable bonds is 6. The van der Waals surface area contributed by atoms with Gasteiger partial charge in [0.15, 0.2) is 0 Å². The van der Waals surface area contributed by atoms with Gasteiger partial charge in [0.1, 0.15) is 22.3 Å². The summed E-state index contributed by atoms with van der Waals surface area (Å²) in [4.78, 5) is 3.66. The van der Waals surface area contributed by atoms with E-state index in [1.54, 1.807) is 12.1 Å². The number of hydrogen-bond donors (Lipinski definition) is 1. The first kappa shape index (κ1) is 19.7. The van der Waals surface area contributed by atoms with Crippen LogP contribution in [0.3, 0.4) is 0 Å². The zero-order valence-corrected chi connectivity index (χ0v) is 15.4. The van der Waals surface area contributed by atoms with Crippen LogP contribution in [0, 0.1) is 17.5 Å². The molecule has 1 heterocycles. The van der Waals surface area contributed by atoms with Crippen molar-refractivity contribution in [1.29, 1.82) is 0 Å². The summed E-state index contributed by atoms with van der Waals surface area (Å²) >= 11 is 0. The highest BCUT2D eigenvalue weighted by Crippen LogP contribution is 2.17. The molecule has 0 aromatic heterocycles. The molecule has 0 saturated carbocycles. The Morgan fingerprint density at radius 1 is 0.889 bits per heavy atom. The standard InChI is InChI=1S/C18H20F3N3O2S/c19-14-1-4-16(5-2-14)24-11-9-23(10-12-24)8-7-22-27(25,26)18-6-3-15(20)13-17(18)21/h1-6,13,22H,7-12H2. The predicted octanol–water partition coefficient (Wildman–Crippen LogP) is 2.20. The van der Waals surface area contributed by atoms with Crippen molar-refractivity contribution in [3.63, 3.8) is 0 Å². The van der Waals surface area contributed by atoms with Crippen LogP contribution in [0.2, 0.25) is 0 Å². The Morgan fingerprint density at radius 3 is 2.15 bits per heavy atom. The van der Waals surface area contributed by atoms with Gasteiger partial charge in [-0.1, -0.05) is 0 Å². The predicted molar refractivity (Wildman–Crippen MR) is 96.6 cm³/mol. The average Bonchev–Trinajstić information content (AvgIpc) is 2.62. The van der Waals surface area contributed by atoms with E-state index in [0.29, 0.717) is 12.6 Å². The normalized spacial score (nSPS) is 15.9. The molecule has 1 saturated heterocycles. The minimum atomic E-state index is -4.03. The number of sulfonamides is 1. The van der Waals surface area contributed by atoms with Crippen LogP contribution in [-0.2, 0) is 10.0 Å². The third-order valence-corrected chi connectivity index (χ3v) is 5.96. The molecule has 1 aliphatic rings. The summed E-state index contributed by atoms with van der Waals surface area (Å²) in [6.45, 7) is 3.53. The summed E-state index contributed by atoms with van der Waals surface area (Å²) in [7, 11) is -4.03. The molecular formula is C18H20F3N3O2S. The van der Waals surface area contributed by atoms with Crippen molar-refractivity contribution in [2.24, 2.45) is 0 Å². The summed E-state index contributed by atoms with van der Waals surface area (Å²) in [5, 5.41) is 0. The molecule has 9 heteroatoms. The van der Waals surface area contributed by atoms with Crippen LogP contribution in [0.25, 0.3) is 0 Å². The molecule has 0 unspecified atom stereocenters. The number of benzene rings is 2. The Bertz CT molecular complexity index is 883. The first-order valence-corrected chi connectivity index (χ1v) is 10.0. The van der Waals surface area contributed by atoms with Gasteiger partial charge in [-0.2, -0.15) is 0 Å². The van der Waals surface area contributed by atoms with Crippen molar-refractivity contribution >= 4 is 15.7 Å². The molecule has 0 radical (unpaired) electrons. The number of anilines is 1. The highest BCUT2D eigenvalue weighted by atomic mass is 32.2. The molecule has 2 aromatic carbocycles. The second-order valence-corrected chi connectivity index (χ2v) is 8.01. The Balaban J connectivity index is 1.48. The first-order valence-electron chi connectivity index (χ1n) is 8.53. The van der Waals surface area contributed by atoms with E-state index in [4.69, 9.17) is 0 Å². The molecule has 5 nitrogen and oxygen atoms in total. The second kappa shape index (κ2) is 8.28. The van der Waals surface area contributed by atoms with Gasteiger partial charge in [-0.25, -0.2) is 26.3 Å². The van der Waals surface area contributed by atoms with Gasteiger partial charge in [-0.15, -0.1) is 0 Å². The summed E-state index contributed by atoms with van der Waals surface area (Å²) in [6.07, 6.45) is 0. The van der Waals surface area contributed by atoms with Crippen LogP contribution in [-0.4, -0.2) is 52.6 Å². The number of piperazine rings is 1. The Kier molecular flexibility index (Phi) is 6.03. The highest BCUT2D eigenvalue weighted by molar-refractivity contribution is 7.89. The zero-order valence-electron chi connectivity index (χ0n) is 14.5. The Labute approximate surface area is 156 Å². The van der Waals surface area contributed by atoms with E-state index in [1.807, 2.05) is 0 Å². The largest absolute Gasteiger partial charge is 0.369 e. The fourth-order valence-corrected chi connectivity index (χ4v) is 4.07. The smallest absolute Gasteiger partial charge is 0.243 e. The second-order valence-electron chi connectivity index (χ2n) is 6.28. The summed E-state index contributed by atoms with van der Waals surface area (Å²) in [5.74, 6) is -2.22. The van der Waals surface area contributed by atoms with Gasteiger partial charge in [-0.3, -0.25) is 4.90 Å². The molecule has 1 aliphatic heterocycles. The summed E-state index contributed by atoms with van der Waals surface area (Å²) in [5.41, 5.74) is 0.948. The van der Waals surface area contributed by atoms with E-state index in [2.05, 4.69) is 14.5 Å². The third kappa shape index (κ3) is 5.00. The van der Waals surface area contributed by atoms with Gasteiger partial charge in [0.05, 0.1) is 0 Å². The van der Waals surface area contributed by atoms with Crippen LogP contribution in [0.5, 0.6) is 0 Å². The van der Waals surface area contributed by atoms with Gasteiger partial charge >= 0.3 is 0 Å². The van der Waals surface area contributed by atoms with E-state index in [0.717, 1.165) is 44.0 Å². The van der Waals surface area contributed by atoms with Gasteiger partial charge < -0.3 is 4.90 Å². The van der Waals surface area contributed by atoms with Crippen molar-refractivity contribution < 1.29 is 21.6 Å². The van der Waals surface area contributed by atoms with Crippen molar-refractivity contribution in [3.05, 3.63) is 59.9 Å². The van der Waals surface area contributed by atoms with Crippen LogP contribution in [0.4, 0.5) is 18.9 Å². The Hall–Kier alpha value is -2.10. The summed E-state index contributed by atoms with van der Waals surface area (Å²) < 4.78 is 66.2. The number of halogens is 3. The van der Waals surface area contributed by atoms with Gasteiger partial charge in [0.2, 0.25) is 10.0 Å². The van der Waals surface area contributed by atoms with Crippen LogP contribution < -0.4 is 9.62 Å². The quantitative estimate of drug-likeness (QED) is 0.809. The maximum Gasteiger partial charge on any atom is 0.243 e. The average molecular weight is 399 g/mol. The third-order valence-electron chi connectivity index (χ3n) is 4.47. The number of nitrogens with zero attached hydrogens (tertiary/aromatic N) is 2. The molecule has 0 spiro atoms. The Morgan fingerprint density at radius 2 is 1.52 bits per heavy atom. The molecule has 0 atom stereocenters. The fourth-order valence-electron chi connectivity index (χ4n) is 2.99. The van der Waals surface area contributed by atoms with Gasteiger partial charge in [0, 0.05) is 51.0 Å². The molecule has 27 heavy (non-hydrogen) atoms. The van der Waals surface area contributed by atoms with E-state index in [9.17, 15) is 21.6 Å². The molecule has 2 aromatic rings. The van der Waals surface area contributed by atoms with Crippen LogP contribution in [0.1, 0.15) is 0 Å². The summed E-state index contributed by atoms with van der Waals surface area (Å²) in [6, 6.07) is 8.67. The number of nitrogens with one attached hydrogen (secondary N) is 1. The van der Waals surface area contributed by atoms with E-state index < -0.39 is 26.6 Å². The maximum absolute atomic E-state index is 13.7. The molecule has 3 rings (SSSR count). The van der Waals surface area contributed by atoms with Crippen molar-refractivity contribution in [3.8, 4) is 0 Å². The topological polar surface area (TPSA) is 52.7 Å². The monoisotopic (exact) mass is 399 g/mol. The van der Waals surface area contributed by atoms with Crippen LogP contribution in [0.15, 0.2) is 47.4 Å². The fraction of sp³-hybridized carbons (Fsp3) is 0.333. The SMILES string of the molecule is O=S(=O)(NCCN1CCN(c2ccc(F)cc2)CC1)c1ccc(F)cc1F. The van der Waals surface area contributed by atoms with Crippen molar-refractivity contribution in [2.75, 3.05) is 44.2 Å². The molecule has 146 valence electrons. The van der Waals surface area contributed by atoms with Crippen LogP contribution >= 0.6 is 0 Å². The molecule has 1 fully saturated rings. The highest BCUT2D eigenvalue weighted by Gasteiger charge is 2.21. The maximum atomic E-state index is 13.7. The lowest BCUT2D eigenvalue weighted by Crippen LogP contribution is -2.48. The van der Waals surface area contributed by atoms with Crippen molar-refractivity contribution in [2.45, 2.75) is 4.90 Å². The van der Waals surface area contributed by atoms with E-state index in [-0.39, 0.29) is 12.4 Å². The number of hydrogen-bond acceptors (Lipinski definition) is 4. The molecular weight excluding hydrogens is 379 g/mol. The first-order chi connectivity index (χ1) is 12.8. The van der Waals surface area contributed by atoms with Gasteiger partial charge in [0.25, 0.3) is 0 Å². The van der Waals surface area contributed by atoms with Crippen molar-refractivity contribution in [1.82, 2.24) is 9.62 Å². The lowest BCUT2D eigenvalue weighted by atomic mass is 10.2. The van der Waals surface area contributed by atoms with E-state index >= 15 is 0 Å². The minimum Gasteiger partial charge on any atom is -0.369 e. The minimum absolute atomic E-state index is 0.121. The molecule has 0 aliphatic carbocycles. The molecule has 0 amide bonds. The lowest BCUT2D eigenvalue weighted by molar-refractivity contribution is 0.262. The molecule has 0 bridgehead atoms. The van der Waals surface area contributed by atoms with E-state index in [1.165, 1.54) is 12.1 Å².